The van der Waals surface area contributed by atoms with E-state index in [0.29, 0.717) is 4.90 Å². The van der Waals surface area contributed by atoms with Crippen molar-refractivity contribution < 1.29 is 133 Å². The predicted molar refractivity (Wildman–Crippen MR) is 117 cm³/mol. The summed E-state index contributed by atoms with van der Waals surface area (Å²) in [6.07, 6.45) is 0. The van der Waals surface area contributed by atoms with Gasteiger partial charge in [-0.15, -0.1) is 0 Å². The molecule has 0 aliphatic carbocycles. The smallest absolute Gasteiger partial charge is 0.481 e. The summed E-state index contributed by atoms with van der Waals surface area (Å²) in [4.78, 5) is 8.11. The quantitative estimate of drug-likeness (QED) is 0.173. The third-order valence-corrected chi connectivity index (χ3v) is 7.95. The summed E-state index contributed by atoms with van der Waals surface area (Å²) in [5.41, 5.74) is -0.102. The summed E-state index contributed by atoms with van der Waals surface area (Å²) in [5, 5.41) is -3.56. The molecule has 2 aromatic rings. The second-order valence-electron chi connectivity index (χ2n) is 6.52. The topological polar surface area (TPSA) is 202 Å². The van der Waals surface area contributed by atoms with Gasteiger partial charge in [0.25, 0.3) is 30.3 Å². The standard InChI is InChI=1S/C16H22N4O10S3.3Na/c1-10(32(23,24)25)20(11(2)33(26,27)28)12-5-7-13(8-6-12)31(21,22)19-14-9-15(29-3)18-16(17-14)30-4;;;/h5-11H,1-4H3,(H,17,18,19)(H,23,24,25)(H,26,27,28);;;/q;3*+1. The number of hydrogen-bond acceptors (Lipinski definition) is 11. The van der Waals surface area contributed by atoms with Gasteiger partial charge in [0, 0.05) is 11.8 Å². The fourth-order valence-corrected chi connectivity index (χ4v) is 4.90. The van der Waals surface area contributed by atoms with Crippen LogP contribution in [-0.2, 0) is 30.3 Å². The molecule has 0 saturated heterocycles. The van der Waals surface area contributed by atoms with Crippen LogP contribution in [-0.4, -0.2) is 69.3 Å². The summed E-state index contributed by atoms with van der Waals surface area (Å²) in [6, 6.07) is 5.40. The van der Waals surface area contributed by atoms with Crippen molar-refractivity contribution in [3.05, 3.63) is 30.3 Å². The second kappa shape index (κ2) is 15.2. The summed E-state index contributed by atoms with van der Waals surface area (Å²) in [6.45, 7) is 2.00. The SMILES string of the molecule is COc1cc(NS(=O)(=O)c2ccc(N(C(C)S(=O)(=O)O)C(C)S(=O)(=O)O)cc2)nc(OC)n1.[Na+].[Na+].[Na+]. The first-order valence-corrected chi connectivity index (χ1v) is 13.4. The number of anilines is 2. The van der Waals surface area contributed by atoms with E-state index < -0.39 is 41.0 Å². The average molecular weight is 596 g/mol. The molecule has 2 atom stereocenters. The molecule has 0 saturated carbocycles. The fraction of sp³-hybridized carbons (Fsp3) is 0.375. The Kier molecular flexibility index (Phi) is 16.2. The molecule has 0 bridgehead atoms. The first-order chi connectivity index (χ1) is 15.1. The molecule has 2 rings (SSSR count). The van der Waals surface area contributed by atoms with Crippen LogP contribution in [0, 0.1) is 0 Å². The van der Waals surface area contributed by atoms with Crippen molar-refractivity contribution in [2.24, 2.45) is 0 Å². The van der Waals surface area contributed by atoms with Crippen molar-refractivity contribution >= 4 is 41.8 Å². The van der Waals surface area contributed by atoms with E-state index in [9.17, 15) is 34.4 Å². The third kappa shape index (κ3) is 10.1. The molecule has 0 aliphatic rings. The number of methoxy groups -OCH3 is 2. The molecule has 0 radical (unpaired) electrons. The van der Waals surface area contributed by atoms with Crippen LogP contribution in [0.25, 0.3) is 0 Å². The van der Waals surface area contributed by atoms with E-state index in [1.54, 1.807) is 0 Å². The van der Waals surface area contributed by atoms with Crippen molar-refractivity contribution in [3.8, 4) is 11.9 Å². The number of sulfonamides is 1. The van der Waals surface area contributed by atoms with E-state index in [0.717, 1.165) is 38.1 Å². The molecular formula is C16H22N4Na3O10S3+3. The van der Waals surface area contributed by atoms with Gasteiger partial charge in [-0.25, -0.2) is 8.42 Å². The van der Waals surface area contributed by atoms with Crippen LogP contribution in [0.15, 0.2) is 35.2 Å². The summed E-state index contributed by atoms with van der Waals surface area (Å²) in [7, 11) is -11.2. The number of rotatable bonds is 10. The third-order valence-electron chi connectivity index (χ3n) is 4.40. The molecule has 0 amide bonds. The molecular weight excluding hydrogens is 573 g/mol. The molecule has 20 heteroatoms. The number of hydrogen-bond donors (Lipinski definition) is 3. The van der Waals surface area contributed by atoms with E-state index in [2.05, 4.69) is 14.7 Å². The number of ether oxygens (including phenoxy) is 2. The minimum atomic E-state index is -4.77. The van der Waals surface area contributed by atoms with Gasteiger partial charge in [0.15, 0.2) is 16.6 Å². The van der Waals surface area contributed by atoms with Crippen molar-refractivity contribution in [2.75, 3.05) is 23.8 Å². The van der Waals surface area contributed by atoms with Gasteiger partial charge in [0.2, 0.25) is 5.88 Å². The second-order valence-corrected chi connectivity index (χ2v) is 11.6. The molecule has 3 N–H and O–H groups in total. The number of aromatic nitrogens is 2. The molecule has 14 nitrogen and oxygen atoms in total. The van der Waals surface area contributed by atoms with E-state index in [1.165, 1.54) is 20.3 Å². The Morgan fingerprint density at radius 2 is 1.31 bits per heavy atom. The van der Waals surface area contributed by atoms with Crippen LogP contribution < -0.4 is 108 Å². The monoisotopic (exact) mass is 595 g/mol. The van der Waals surface area contributed by atoms with Crippen molar-refractivity contribution in [2.45, 2.75) is 29.5 Å². The maximum absolute atomic E-state index is 12.7. The first-order valence-electron chi connectivity index (χ1n) is 8.91. The van der Waals surface area contributed by atoms with E-state index in [4.69, 9.17) is 9.47 Å². The van der Waals surface area contributed by atoms with Gasteiger partial charge < -0.3 is 14.4 Å². The maximum Gasteiger partial charge on any atom is 1.00 e. The predicted octanol–water partition coefficient (Wildman–Crippen LogP) is -8.42. The van der Waals surface area contributed by atoms with Gasteiger partial charge in [-0.2, -0.15) is 26.8 Å². The number of nitrogens with zero attached hydrogens (tertiary/aromatic N) is 3. The Morgan fingerprint density at radius 3 is 1.69 bits per heavy atom. The molecule has 1 heterocycles. The summed E-state index contributed by atoms with van der Waals surface area (Å²) >= 11 is 0. The zero-order valence-electron chi connectivity index (χ0n) is 20.8. The first kappa shape index (κ1) is 38.4. The van der Waals surface area contributed by atoms with E-state index in [-0.39, 0.29) is 117 Å². The minimum absolute atomic E-state index is 0. The molecule has 1 aromatic heterocycles. The molecule has 1 aromatic carbocycles. The van der Waals surface area contributed by atoms with Gasteiger partial charge in [-0.3, -0.25) is 13.8 Å². The average Bonchev–Trinajstić information content (AvgIpc) is 2.72. The van der Waals surface area contributed by atoms with Gasteiger partial charge in [-0.05, 0) is 38.1 Å². The normalized spacial score (nSPS) is 13.1. The van der Waals surface area contributed by atoms with Gasteiger partial charge >= 0.3 is 94.7 Å². The Balaban J connectivity index is 0. The Labute approximate surface area is 276 Å². The summed E-state index contributed by atoms with van der Waals surface area (Å²) < 4.78 is 103. The van der Waals surface area contributed by atoms with Gasteiger partial charge in [-0.1, -0.05) is 0 Å². The van der Waals surface area contributed by atoms with Crippen LogP contribution in [0.1, 0.15) is 13.8 Å². The fourth-order valence-electron chi connectivity index (χ4n) is 2.65. The molecule has 36 heavy (non-hydrogen) atoms. The van der Waals surface area contributed by atoms with Crippen LogP contribution in [0.5, 0.6) is 11.9 Å². The van der Waals surface area contributed by atoms with Crippen LogP contribution in [0.4, 0.5) is 11.5 Å². The van der Waals surface area contributed by atoms with E-state index >= 15 is 0 Å². The molecule has 0 fully saturated rings. The Hall–Kier alpha value is 0.270. The van der Waals surface area contributed by atoms with Crippen LogP contribution in [0.2, 0.25) is 0 Å². The molecule has 0 aliphatic heterocycles. The van der Waals surface area contributed by atoms with E-state index in [1.807, 2.05) is 0 Å². The van der Waals surface area contributed by atoms with Crippen LogP contribution in [0.3, 0.4) is 0 Å². The number of nitrogens with one attached hydrogen (secondary N) is 1. The largest absolute Gasteiger partial charge is 1.00 e. The van der Waals surface area contributed by atoms with Crippen molar-refractivity contribution in [1.82, 2.24) is 9.97 Å². The maximum atomic E-state index is 12.7. The molecule has 2 unspecified atom stereocenters. The van der Waals surface area contributed by atoms with Crippen LogP contribution >= 0.6 is 0 Å². The minimum Gasteiger partial charge on any atom is -0.481 e. The zero-order valence-corrected chi connectivity index (χ0v) is 29.2. The van der Waals surface area contributed by atoms with Crippen molar-refractivity contribution in [1.29, 1.82) is 0 Å². The van der Waals surface area contributed by atoms with Crippen molar-refractivity contribution in [3.63, 3.8) is 0 Å². The zero-order chi connectivity index (χ0) is 25.2. The molecule has 0 spiro atoms. The molecule has 184 valence electrons. The Bertz CT molecular complexity index is 1270. The summed E-state index contributed by atoms with van der Waals surface area (Å²) in [5.74, 6) is -0.131. The number of benzene rings is 1. The van der Waals surface area contributed by atoms with Gasteiger partial charge in [0.05, 0.1) is 19.1 Å². The van der Waals surface area contributed by atoms with Gasteiger partial charge in [0.1, 0.15) is 0 Å². The Morgan fingerprint density at radius 1 is 0.833 bits per heavy atom.